The molecule has 16 N–H and O–H groups in total. The van der Waals surface area contributed by atoms with Gasteiger partial charge in [-0.05, 0) is 93.0 Å². The van der Waals surface area contributed by atoms with Crippen LogP contribution in [0.3, 0.4) is 0 Å². The van der Waals surface area contributed by atoms with Crippen LogP contribution in [0.1, 0.15) is 116 Å². The van der Waals surface area contributed by atoms with Crippen LogP contribution < -0.4 is 64.6 Å². The van der Waals surface area contributed by atoms with Gasteiger partial charge in [-0.1, -0.05) is 69.6 Å². The number of para-hydroxylation sites is 1. The minimum Gasteiger partial charge on any atom is -0.481 e. The molecule has 2 fully saturated rings. The van der Waals surface area contributed by atoms with Gasteiger partial charge in [0.05, 0.1) is 6.42 Å². The molecule has 0 radical (unpaired) electrons. The summed E-state index contributed by atoms with van der Waals surface area (Å²) < 4.78 is 0. The number of aliphatic carboxylic acids is 1. The Kier molecular flexibility index (Phi) is 27.1. The Hall–Kier alpha value is -8.66. The third-order valence-corrected chi connectivity index (χ3v) is 15.3. The molecule has 10 atom stereocenters. The molecule has 2 aromatic carbocycles. The number of H-pyrrole nitrogens is 1. The fourth-order valence-corrected chi connectivity index (χ4v) is 10.5. The molecule has 2 saturated heterocycles. The van der Waals surface area contributed by atoms with Crippen LogP contribution in [0, 0.1) is 5.92 Å². The number of hydrogen-bond donors (Lipinski definition) is 14. The van der Waals surface area contributed by atoms with Gasteiger partial charge >= 0.3 is 5.97 Å². The molecule has 29 heteroatoms. The van der Waals surface area contributed by atoms with E-state index < -0.39 is 157 Å². The number of aromatic amines is 1. The average molecular weight is 1250 g/mol. The smallest absolute Gasteiger partial charge is 0.305 e. The number of fused-ring (bicyclic) bond motifs is 1. The van der Waals surface area contributed by atoms with Crippen molar-refractivity contribution in [2.24, 2.45) is 17.4 Å². The van der Waals surface area contributed by atoms with Gasteiger partial charge in [-0.15, -0.1) is 0 Å². The molecule has 5 rings (SSSR count). The van der Waals surface area contributed by atoms with Crippen molar-refractivity contribution < 1.29 is 67.4 Å². The maximum atomic E-state index is 14.7. The number of carboxylic acid groups (broad SMARTS) is 1. The number of rotatable bonds is 24. The summed E-state index contributed by atoms with van der Waals surface area (Å²) in [4.78, 5) is 182. The molecule has 0 spiro atoms. The standard InChI is InChI=1S/C59H83ClN14O14/c1-6-37(65-32(5)75)51(80)70-43(26-33-17-19-35(60)20-18-33)55(84)71-44(27-34-30-64-39-14-9-8-13-36(34)39)56(85)72-45(28-49(77)78)57(86)67-40-21-22-48(76)63-23-11-10-15-41(59(88)74-24-12-16-47(74)58(87)73-46(29-61)50(62)79)68-54(83)42(25-31(3)4)69-52(81)38(7-2)66-53(40)82/h8-9,13-14,17-20,30-31,37-38,40-47,64H,6-7,10-12,15-16,21-29,61H2,1-5H3,(H2,62,79)(H,63,76)(H,65,75)(H,66,82)(H,67,86)(H,68,83)(H,69,81)(H,70,80)(H,71,84)(H,72,85)(H,73,87)(H,77,78)/t37-,38+,40+,41-,42-,43-,44-,45-,46?,47+/m0/s1. The van der Waals surface area contributed by atoms with Crippen LogP contribution in [0.2, 0.25) is 5.02 Å². The van der Waals surface area contributed by atoms with Crippen molar-refractivity contribution in [1.82, 2.24) is 63.1 Å². The van der Waals surface area contributed by atoms with Crippen LogP contribution in [0.5, 0.6) is 0 Å². The number of benzene rings is 2. The van der Waals surface area contributed by atoms with Crippen molar-refractivity contribution in [3.05, 3.63) is 70.9 Å². The Balaban J connectivity index is 1.40. The molecule has 0 saturated carbocycles. The van der Waals surface area contributed by atoms with E-state index in [2.05, 4.69) is 58.2 Å². The van der Waals surface area contributed by atoms with Gasteiger partial charge in [-0.3, -0.25) is 62.3 Å². The quantitative estimate of drug-likeness (QED) is 0.0504. The first-order valence-electron chi connectivity index (χ1n) is 29.6. The fraction of sp³-hybridized carbons (Fsp3) is 0.542. The minimum atomic E-state index is -1.94. The summed E-state index contributed by atoms with van der Waals surface area (Å²) in [6.45, 7) is 7.95. The van der Waals surface area contributed by atoms with E-state index >= 15 is 0 Å². The summed E-state index contributed by atoms with van der Waals surface area (Å²) in [6, 6.07) is -0.165. The van der Waals surface area contributed by atoms with Gasteiger partial charge in [-0.2, -0.15) is 0 Å². The summed E-state index contributed by atoms with van der Waals surface area (Å²) in [5.74, 6) is -11.4. The lowest BCUT2D eigenvalue weighted by molar-refractivity contribution is -0.142. The first kappa shape index (κ1) is 70.1. The maximum Gasteiger partial charge on any atom is 0.305 e. The van der Waals surface area contributed by atoms with Crippen molar-refractivity contribution in [1.29, 1.82) is 0 Å². The number of halogens is 1. The van der Waals surface area contributed by atoms with E-state index in [9.17, 15) is 67.4 Å². The third-order valence-electron chi connectivity index (χ3n) is 15.1. The molecule has 1 unspecified atom stereocenters. The lowest BCUT2D eigenvalue weighted by atomic mass is 10.0. The first-order valence-corrected chi connectivity index (χ1v) is 30.0. The number of carbonyl (C=O) groups is 13. The van der Waals surface area contributed by atoms with E-state index in [1.807, 2.05) is 0 Å². The second-order valence-corrected chi connectivity index (χ2v) is 22.8. The van der Waals surface area contributed by atoms with Crippen molar-refractivity contribution in [3.8, 4) is 0 Å². The van der Waals surface area contributed by atoms with E-state index in [-0.39, 0.29) is 83.3 Å². The number of nitrogens with two attached hydrogens (primary N) is 2. The van der Waals surface area contributed by atoms with Gasteiger partial charge in [0, 0.05) is 67.9 Å². The molecule has 2 aliphatic heterocycles. The van der Waals surface area contributed by atoms with E-state index in [1.165, 1.54) is 11.8 Å². The number of aromatic nitrogens is 1. The first-order chi connectivity index (χ1) is 41.8. The maximum absolute atomic E-state index is 14.7. The molecule has 480 valence electrons. The Morgan fingerprint density at radius 3 is 1.98 bits per heavy atom. The van der Waals surface area contributed by atoms with Gasteiger partial charge in [0.15, 0.2) is 0 Å². The van der Waals surface area contributed by atoms with E-state index in [0.29, 0.717) is 33.5 Å². The Morgan fingerprint density at radius 1 is 0.716 bits per heavy atom. The molecule has 3 aromatic rings. The number of likely N-dealkylation sites (tertiary alicyclic amines) is 1. The number of nitrogens with zero attached hydrogens (tertiary/aromatic N) is 1. The largest absolute Gasteiger partial charge is 0.481 e. The highest BCUT2D eigenvalue weighted by Gasteiger charge is 2.40. The molecule has 0 bridgehead atoms. The SMILES string of the molecule is CC[C@H](NC(C)=O)C(=O)N[C@@H](Cc1ccc(Cl)cc1)C(=O)N[C@@H](Cc1c[nH]c2ccccc12)C(=O)N[C@@H](CC(=O)O)C(=O)N[C@@H]1CCC(=O)NCCCC[C@@H](C(=O)N2CCC[C@@H]2C(=O)NC(CN)C(N)=O)NC(=O)[C@H](CC(C)C)NC(=O)[C@@H](CC)NC1=O. The molecule has 1 aromatic heterocycles. The summed E-state index contributed by atoms with van der Waals surface area (Å²) in [6.07, 6.45) is 0.740. The summed E-state index contributed by atoms with van der Waals surface area (Å²) in [5, 5.41) is 37.2. The number of hydrogen-bond acceptors (Lipinski definition) is 14. The molecule has 2 aliphatic rings. The van der Waals surface area contributed by atoms with Gasteiger partial charge in [0.1, 0.15) is 60.4 Å². The predicted octanol–water partition coefficient (Wildman–Crippen LogP) is -1.15. The number of primary amides is 1. The van der Waals surface area contributed by atoms with Crippen molar-refractivity contribution in [2.45, 2.75) is 179 Å². The lowest BCUT2D eigenvalue weighted by Gasteiger charge is -2.31. The number of amides is 12. The highest BCUT2D eigenvalue weighted by atomic mass is 35.5. The fourth-order valence-electron chi connectivity index (χ4n) is 10.3. The molecular formula is C59H83ClN14O14. The zero-order chi connectivity index (χ0) is 64.8. The molecular weight excluding hydrogens is 1160 g/mol. The molecule has 3 heterocycles. The lowest BCUT2D eigenvalue weighted by Crippen LogP contribution is -2.61. The van der Waals surface area contributed by atoms with Gasteiger partial charge in [0.2, 0.25) is 70.9 Å². The van der Waals surface area contributed by atoms with Crippen molar-refractivity contribution in [3.63, 3.8) is 0 Å². The van der Waals surface area contributed by atoms with Crippen LogP contribution in [0.4, 0.5) is 0 Å². The summed E-state index contributed by atoms with van der Waals surface area (Å²) in [5.41, 5.74) is 12.8. The highest BCUT2D eigenvalue weighted by molar-refractivity contribution is 6.30. The highest BCUT2D eigenvalue weighted by Crippen LogP contribution is 2.23. The summed E-state index contributed by atoms with van der Waals surface area (Å²) in [7, 11) is 0. The van der Waals surface area contributed by atoms with Crippen molar-refractivity contribution in [2.75, 3.05) is 19.6 Å². The second kappa shape index (κ2) is 34.0. The zero-order valence-electron chi connectivity index (χ0n) is 50.1. The predicted molar refractivity (Wildman–Crippen MR) is 322 cm³/mol. The second-order valence-electron chi connectivity index (χ2n) is 22.4. The molecule has 0 aliphatic carbocycles. The van der Waals surface area contributed by atoms with E-state index in [0.717, 1.165) is 0 Å². The molecule has 12 amide bonds. The average Bonchev–Trinajstić information content (AvgIpc) is 3.64. The van der Waals surface area contributed by atoms with Crippen LogP contribution >= 0.6 is 11.6 Å². The summed E-state index contributed by atoms with van der Waals surface area (Å²) >= 11 is 6.14. The molecule has 88 heavy (non-hydrogen) atoms. The minimum absolute atomic E-state index is 0.0376. The molecule has 28 nitrogen and oxygen atoms in total. The topological polar surface area (TPSA) is 434 Å². The monoisotopic (exact) mass is 1250 g/mol. The van der Waals surface area contributed by atoms with Gasteiger partial charge in [-0.25, -0.2) is 0 Å². The van der Waals surface area contributed by atoms with Crippen LogP contribution in [0.15, 0.2) is 54.7 Å². The Bertz CT molecular complexity index is 3010. The normalized spacial score (nSPS) is 20.6. The van der Waals surface area contributed by atoms with Gasteiger partial charge < -0.3 is 79.6 Å². The van der Waals surface area contributed by atoms with Crippen LogP contribution in [-0.4, -0.2) is 172 Å². The van der Waals surface area contributed by atoms with Crippen LogP contribution in [0.25, 0.3) is 10.9 Å². The Morgan fingerprint density at radius 2 is 1.35 bits per heavy atom. The van der Waals surface area contributed by atoms with E-state index in [1.54, 1.807) is 82.4 Å². The number of carbonyl (C=O) groups excluding carboxylic acids is 12. The third kappa shape index (κ3) is 21.0. The van der Waals surface area contributed by atoms with Gasteiger partial charge in [0.25, 0.3) is 0 Å². The van der Waals surface area contributed by atoms with Crippen molar-refractivity contribution >= 4 is 99.4 Å². The zero-order valence-corrected chi connectivity index (χ0v) is 50.9. The number of nitrogens with one attached hydrogen (secondary N) is 11. The van der Waals surface area contributed by atoms with Crippen LogP contribution in [-0.2, 0) is 75.2 Å². The Labute approximate surface area is 514 Å². The number of carboxylic acids is 1. The van der Waals surface area contributed by atoms with E-state index in [4.69, 9.17) is 23.1 Å².